The number of aliphatic hydroxyl groups is 1. The zero-order valence-electron chi connectivity index (χ0n) is 13.4. The fraction of sp³-hybridized carbons (Fsp3) is 0.750. The molecule has 0 aromatic carbocycles. The largest absolute Gasteiger partial charge is 0.468 e. The Bertz CT molecular complexity index is 354. The molecule has 4 heteroatoms. The summed E-state index contributed by atoms with van der Waals surface area (Å²) in [4.78, 5) is 2.21. The van der Waals surface area contributed by atoms with E-state index in [1.807, 2.05) is 32.9 Å². The van der Waals surface area contributed by atoms with Crippen LogP contribution in [0.15, 0.2) is 22.8 Å². The molecule has 116 valence electrons. The Morgan fingerprint density at radius 3 is 2.50 bits per heavy atom. The minimum absolute atomic E-state index is 0.217. The van der Waals surface area contributed by atoms with Gasteiger partial charge in [0, 0.05) is 13.1 Å². The van der Waals surface area contributed by atoms with Crippen molar-refractivity contribution in [3.05, 3.63) is 24.2 Å². The van der Waals surface area contributed by atoms with Gasteiger partial charge in [-0.2, -0.15) is 0 Å². The number of aliphatic hydroxyl groups excluding tert-OH is 1. The Balaban J connectivity index is 2.47. The molecular weight excluding hydrogens is 254 g/mol. The molecule has 1 atom stereocenters. The summed E-state index contributed by atoms with van der Waals surface area (Å²) in [7, 11) is 0. The number of hydrogen-bond acceptors (Lipinski definition) is 4. The van der Waals surface area contributed by atoms with Crippen LogP contribution < -0.4 is 0 Å². The van der Waals surface area contributed by atoms with Gasteiger partial charge in [0.15, 0.2) is 0 Å². The molecule has 0 saturated heterocycles. The van der Waals surface area contributed by atoms with Gasteiger partial charge in [0.1, 0.15) is 5.76 Å². The molecule has 4 nitrogen and oxygen atoms in total. The van der Waals surface area contributed by atoms with Crippen molar-refractivity contribution in [1.82, 2.24) is 4.90 Å². The predicted molar refractivity (Wildman–Crippen MR) is 80.5 cm³/mol. The minimum atomic E-state index is -0.483. The van der Waals surface area contributed by atoms with E-state index in [1.54, 1.807) is 6.26 Å². The van der Waals surface area contributed by atoms with E-state index in [0.717, 1.165) is 18.8 Å². The van der Waals surface area contributed by atoms with E-state index in [4.69, 9.17) is 9.15 Å². The molecule has 0 fully saturated rings. The van der Waals surface area contributed by atoms with Crippen molar-refractivity contribution in [2.75, 3.05) is 19.7 Å². The number of rotatable bonds is 8. The van der Waals surface area contributed by atoms with Crippen molar-refractivity contribution in [3.8, 4) is 0 Å². The van der Waals surface area contributed by atoms with Crippen molar-refractivity contribution in [3.63, 3.8) is 0 Å². The predicted octanol–water partition coefficient (Wildman–Crippen LogP) is 2.91. The average Bonchev–Trinajstić information content (AvgIpc) is 2.77. The molecule has 0 aliphatic heterocycles. The second-order valence-electron chi connectivity index (χ2n) is 6.74. The topological polar surface area (TPSA) is 45.8 Å². The highest BCUT2D eigenvalue weighted by atomic mass is 16.5. The van der Waals surface area contributed by atoms with Gasteiger partial charge in [-0.1, -0.05) is 13.8 Å². The highest BCUT2D eigenvalue weighted by molar-refractivity contribution is 4.98. The molecule has 0 amide bonds. The van der Waals surface area contributed by atoms with E-state index in [1.165, 1.54) is 0 Å². The van der Waals surface area contributed by atoms with Crippen LogP contribution in [0.4, 0.5) is 0 Å². The Morgan fingerprint density at radius 2 is 2.00 bits per heavy atom. The molecule has 20 heavy (non-hydrogen) atoms. The molecule has 0 spiro atoms. The van der Waals surface area contributed by atoms with Crippen LogP contribution in [0, 0.1) is 5.92 Å². The van der Waals surface area contributed by atoms with Crippen molar-refractivity contribution < 1.29 is 14.3 Å². The summed E-state index contributed by atoms with van der Waals surface area (Å²) >= 11 is 0. The number of furan rings is 1. The van der Waals surface area contributed by atoms with E-state index in [0.29, 0.717) is 19.1 Å². The summed E-state index contributed by atoms with van der Waals surface area (Å²) in [6.07, 6.45) is 1.20. The normalized spacial score (nSPS) is 14.2. The Morgan fingerprint density at radius 1 is 1.30 bits per heavy atom. The third kappa shape index (κ3) is 7.68. The van der Waals surface area contributed by atoms with Crippen LogP contribution in [0.25, 0.3) is 0 Å². The van der Waals surface area contributed by atoms with Gasteiger partial charge in [-0.3, -0.25) is 4.90 Å². The fourth-order valence-electron chi connectivity index (χ4n) is 2.04. The van der Waals surface area contributed by atoms with Crippen molar-refractivity contribution in [1.29, 1.82) is 0 Å². The van der Waals surface area contributed by atoms with Crippen molar-refractivity contribution >= 4 is 0 Å². The van der Waals surface area contributed by atoms with E-state index >= 15 is 0 Å². The van der Waals surface area contributed by atoms with Crippen LogP contribution in [-0.2, 0) is 11.3 Å². The minimum Gasteiger partial charge on any atom is -0.468 e. The first kappa shape index (κ1) is 17.2. The summed E-state index contributed by atoms with van der Waals surface area (Å²) in [6, 6.07) is 3.85. The van der Waals surface area contributed by atoms with Gasteiger partial charge >= 0.3 is 0 Å². The van der Waals surface area contributed by atoms with Gasteiger partial charge in [0.25, 0.3) is 0 Å². The molecular formula is C16H29NO3. The molecule has 0 bridgehead atoms. The summed E-state index contributed by atoms with van der Waals surface area (Å²) in [5, 5.41) is 10.1. The summed E-state index contributed by atoms with van der Waals surface area (Å²) < 4.78 is 11.0. The number of hydrogen-bond donors (Lipinski definition) is 1. The molecule has 0 radical (unpaired) electrons. The molecule has 1 aromatic heterocycles. The average molecular weight is 283 g/mol. The molecule has 1 heterocycles. The Labute approximate surface area is 122 Å². The van der Waals surface area contributed by atoms with Gasteiger partial charge in [-0.05, 0) is 38.8 Å². The van der Waals surface area contributed by atoms with Crippen molar-refractivity contribution in [2.45, 2.75) is 52.9 Å². The lowest BCUT2D eigenvalue weighted by Crippen LogP contribution is -2.38. The van der Waals surface area contributed by atoms with Gasteiger partial charge < -0.3 is 14.3 Å². The molecule has 0 aliphatic rings. The van der Waals surface area contributed by atoms with Crippen LogP contribution in [0.3, 0.4) is 0 Å². The lowest BCUT2D eigenvalue weighted by Gasteiger charge is -2.28. The van der Waals surface area contributed by atoms with Crippen LogP contribution in [-0.4, -0.2) is 41.4 Å². The smallest absolute Gasteiger partial charge is 0.117 e. The monoisotopic (exact) mass is 283 g/mol. The highest BCUT2D eigenvalue weighted by Gasteiger charge is 2.18. The summed E-state index contributed by atoms with van der Waals surface area (Å²) in [6.45, 7) is 12.9. The Kier molecular flexibility index (Phi) is 6.72. The van der Waals surface area contributed by atoms with Crippen LogP contribution in [0.2, 0.25) is 0 Å². The van der Waals surface area contributed by atoms with Gasteiger partial charge in [-0.25, -0.2) is 0 Å². The zero-order valence-corrected chi connectivity index (χ0v) is 13.4. The van der Waals surface area contributed by atoms with Crippen molar-refractivity contribution in [2.24, 2.45) is 5.92 Å². The first-order chi connectivity index (χ1) is 9.26. The molecule has 1 N–H and O–H groups in total. The molecule has 1 unspecified atom stereocenters. The first-order valence-electron chi connectivity index (χ1n) is 7.33. The highest BCUT2D eigenvalue weighted by Crippen LogP contribution is 2.11. The van der Waals surface area contributed by atoms with Crippen LogP contribution in [0.5, 0.6) is 0 Å². The summed E-state index contributed by atoms with van der Waals surface area (Å²) in [5.41, 5.74) is -0.217. The number of ether oxygens (including phenoxy) is 1. The van der Waals surface area contributed by atoms with E-state index in [9.17, 15) is 5.11 Å². The lowest BCUT2D eigenvalue weighted by atomic mass is 10.1. The van der Waals surface area contributed by atoms with Gasteiger partial charge in [0.05, 0.1) is 31.1 Å². The van der Waals surface area contributed by atoms with Gasteiger partial charge in [-0.15, -0.1) is 0 Å². The second kappa shape index (κ2) is 7.81. The molecule has 1 aromatic rings. The fourth-order valence-corrected chi connectivity index (χ4v) is 2.04. The SMILES string of the molecule is CC(C)CN(Cc1ccco1)CC(O)COC(C)(C)C. The first-order valence-corrected chi connectivity index (χ1v) is 7.33. The quantitative estimate of drug-likeness (QED) is 0.797. The molecule has 0 aliphatic carbocycles. The third-order valence-electron chi connectivity index (χ3n) is 2.76. The van der Waals surface area contributed by atoms with Crippen LogP contribution in [0.1, 0.15) is 40.4 Å². The van der Waals surface area contributed by atoms with E-state index < -0.39 is 6.10 Å². The zero-order chi connectivity index (χ0) is 15.2. The van der Waals surface area contributed by atoms with E-state index in [-0.39, 0.29) is 5.60 Å². The molecule has 0 saturated carbocycles. The second-order valence-corrected chi connectivity index (χ2v) is 6.74. The summed E-state index contributed by atoms with van der Waals surface area (Å²) in [5.74, 6) is 1.47. The van der Waals surface area contributed by atoms with Crippen LogP contribution >= 0.6 is 0 Å². The standard InChI is InChI=1S/C16H29NO3/c1-13(2)9-17(11-15-7-6-8-19-15)10-14(18)12-20-16(3,4)5/h6-8,13-14,18H,9-12H2,1-5H3. The maximum atomic E-state index is 10.1. The lowest BCUT2D eigenvalue weighted by molar-refractivity contribution is -0.0576. The third-order valence-corrected chi connectivity index (χ3v) is 2.76. The maximum absolute atomic E-state index is 10.1. The molecule has 1 rings (SSSR count). The Hall–Kier alpha value is -0.840. The van der Waals surface area contributed by atoms with Gasteiger partial charge in [0.2, 0.25) is 0 Å². The maximum Gasteiger partial charge on any atom is 0.117 e. The van der Waals surface area contributed by atoms with E-state index in [2.05, 4.69) is 18.7 Å². The number of nitrogens with zero attached hydrogens (tertiary/aromatic N) is 1.